The number of rotatable bonds is 16. The first kappa shape index (κ1) is 66.3. The van der Waals surface area contributed by atoms with Gasteiger partial charge in [-0.3, -0.25) is 0 Å². The molecule has 1 spiro atoms. The fraction of sp³-hybridized carbons (Fsp3) is 0.968. The van der Waals surface area contributed by atoms with Crippen LogP contribution in [0.25, 0.3) is 0 Å². The van der Waals surface area contributed by atoms with Gasteiger partial charge in [-0.25, -0.2) is 4.89 Å². The second kappa shape index (κ2) is 26.7. The maximum absolute atomic E-state index is 12.8. The number of allylic oxidation sites excluding steroid dienone is 1. The van der Waals surface area contributed by atoms with Crippen molar-refractivity contribution < 1.29 is 111 Å². The van der Waals surface area contributed by atoms with Crippen LogP contribution in [0.5, 0.6) is 0 Å². The van der Waals surface area contributed by atoms with Crippen molar-refractivity contribution in [3.05, 3.63) is 11.6 Å². The summed E-state index contributed by atoms with van der Waals surface area (Å²) in [4.78, 5) is 12.5. The lowest BCUT2D eigenvalue weighted by Gasteiger charge is -2.59. The van der Waals surface area contributed by atoms with Crippen LogP contribution in [-0.4, -0.2) is 234 Å². The molecule has 86 heavy (non-hydrogen) atoms. The summed E-state index contributed by atoms with van der Waals surface area (Å²) in [6, 6.07) is 0. The van der Waals surface area contributed by atoms with Crippen LogP contribution in [-0.2, 0) is 90.3 Å². The maximum Gasteiger partial charge on any atom is 0.228 e. The van der Waals surface area contributed by atoms with E-state index >= 15 is 0 Å². The average Bonchev–Trinajstić information content (AvgIpc) is 1.44. The molecule has 23 heteroatoms. The summed E-state index contributed by atoms with van der Waals surface area (Å²) in [5.74, 6) is 0.139. The quantitative estimate of drug-likeness (QED) is 0.113. The molecule has 0 bridgehead atoms. The molecule has 7 saturated heterocycles. The Bertz CT molecular complexity index is 2270. The molecular weight excluding hydrogens is 1120 g/mol. The average molecular weight is 1230 g/mol. The Hall–Kier alpha value is -1.18. The van der Waals surface area contributed by atoms with Gasteiger partial charge in [-0.2, -0.15) is 4.89 Å². The lowest BCUT2D eigenvalue weighted by atomic mass is 9.46. The molecule has 0 unspecified atom stereocenters. The van der Waals surface area contributed by atoms with Crippen molar-refractivity contribution in [1.29, 1.82) is 0 Å². The normalized spacial score (nSPS) is 53.8. The molecule has 11 aliphatic rings. The van der Waals surface area contributed by atoms with Crippen molar-refractivity contribution in [3.8, 4) is 0 Å². The van der Waals surface area contributed by atoms with Crippen LogP contribution in [0.2, 0.25) is 0 Å². The first-order valence-electron chi connectivity index (χ1n) is 32.3. The maximum atomic E-state index is 12.8. The largest absolute Gasteiger partial charge is 0.393 e. The molecule has 10 fully saturated rings. The molecule has 4 N–H and O–H groups in total. The van der Waals surface area contributed by atoms with Crippen LogP contribution in [0, 0.1) is 28.6 Å². The second-order valence-corrected chi connectivity index (χ2v) is 27.7. The van der Waals surface area contributed by atoms with Crippen LogP contribution in [0.15, 0.2) is 11.6 Å². The molecule has 11 rings (SSSR count). The van der Waals surface area contributed by atoms with Gasteiger partial charge in [0.2, 0.25) is 5.79 Å². The van der Waals surface area contributed by atoms with E-state index in [1.807, 2.05) is 41.5 Å². The van der Waals surface area contributed by atoms with Gasteiger partial charge >= 0.3 is 0 Å². The minimum atomic E-state index is -1.32. The highest BCUT2D eigenvalue weighted by atomic mass is 17.2. The first-order chi connectivity index (χ1) is 41.0. The highest BCUT2D eigenvalue weighted by molar-refractivity contribution is 5.26. The third-order valence-corrected chi connectivity index (χ3v) is 22.9. The van der Waals surface area contributed by atoms with Crippen LogP contribution in [0.3, 0.4) is 0 Å². The van der Waals surface area contributed by atoms with Gasteiger partial charge < -0.3 is 101 Å². The molecular formula is C63H104O23. The summed E-state index contributed by atoms with van der Waals surface area (Å²) in [5.41, 5.74) is 0.247. The van der Waals surface area contributed by atoms with E-state index in [0.717, 1.165) is 44.9 Å². The van der Waals surface area contributed by atoms with Crippen molar-refractivity contribution in [2.45, 2.75) is 317 Å². The lowest BCUT2D eigenvalue weighted by Crippen LogP contribution is -2.61. The molecule has 0 radical (unpaired) electrons. The number of fused-ring (bicyclic) bond motifs is 6. The van der Waals surface area contributed by atoms with Gasteiger partial charge in [0.25, 0.3) is 0 Å². The van der Waals surface area contributed by atoms with Crippen LogP contribution in [0.1, 0.15) is 146 Å². The number of aliphatic hydroxyl groups is 4. The Balaban J connectivity index is 0.652. The van der Waals surface area contributed by atoms with Crippen LogP contribution in [0.4, 0.5) is 0 Å². The fourth-order valence-corrected chi connectivity index (χ4v) is 17.8. The van der Waals surface area contributed by atoms with E-state index < -0.39 is 165 Å². The van der Waals surface area contributed by atoms with Gasteiger partial charge in [0, 0.05) is 73.1 Å². The zero-order chi connectivity index (χ0) is 61.4. The third kappa shape index (κ3) is 12.5. The smallest absolute Gasteiger partial charge is 0.228 e. The van der Waals surface area contributed by atoms with Crippen LogP contribution >= 0.6 is 0 Å². The van der Waals surface area contributed by atoms with Crippen molar-refractivity contribution in [2.75, 3.05) is 42.2 Å². The highest BCUT2D eigenvalue weighted by Gasteiger charge is 2.66. The molecule has 33 atom stereocenters. The minimum Gasteiger partial charge on any atom is -0.393 e. The van der Waals surface area contributed by atoms with E-state index in [9.17, 15) is 20.4 Å². The van der Waals surface area contributed by atoms with Gasteiger partial charge in [-0.15, -0.1) is 0 Å². The zero-order valence-corrected chi connectivity index (χ0v) is 53.3. The summed E-state index contributed by atoms with van der Waals surface area (Å²) in [6.07, 6.45) is -4.57. The number of hydrogen-bond donors (Lipinski definition) is 4. The third-order valence-electron chi connectivity index (χ3n) is 22.9. The van der Waals surface area contributed by atoms with Gasteiger partial charge in [0.1, 0.15) is 55.4 Å². The SMILES string of the molecule is CO[C@@H]1[C@H](O)[C@@H](O[C@@H]2[C@H](C)O[C@H](O[C@@H]3[C@@H](OC)C[C@H](O[C@H]4[C@@H](C)O[C@@H](O[C@@H]5[C@H](C)O[C@@]6(CO[C@@H]7C[C@H](O[C@@H](C)[C@]8(O)CC[C@H]9[C@H]%10CC=C%11C[C@@H](O)CC[C@@]%11(C)[C@@H]%10CC[C@]98C)O[C@H](C)[C@@H]7OO6)C[C@H]5OC)C[C@H]4OC)O[C@@H]3C)C[C@@H]2OC)O[C@@H](C)[C@H]1O. The zero-order valence-electron chi connectivity index (χ0n) is 53.3. The number of aliphatic hydroxyl groups excluding tert-OH is 3. The monoisotopic (exact) mass is 1230 g/mol. The van der Waals surface area contributed by atoms with Gasteiger partial charge in [-0.05, 0) is 123 Å². The predicted molar refractivity (Wildman–Crippen MR) is 302 cm³/mol. The Labute approximate surface area is 508 Å². The van der Waals surface area contributed by atoms with E-state index in [0.29, 0.717) is 49.9 Å². The molecule has 4 aliphatic carbocycles. The minimum absolute atomic E-state index is 0.0603. The van der Waals surface area contributed by atoms with Crippen molar-refractivity contribution >= 4 is 0 Å². The van der Waals surface area contributed by atoms with E-state index in [-0.39, 0.29) is 30.0 Å². The molecule has 0 aromatic heterocycles. The van der Waals surface area contributed by atoms with E-state index in [1.165, 1.54) is 12.7 Å². The molecule has 0 aromatic carbocycles. The molecule has 3 saturated carbocycles. The Morgan fingerprint density at radius 3 is 1.71 bits per heavy atom. The molecule has 7 aliphatic heterocycles. The molecule has 23 nitrogen and oxygen atoms in total. The highest BCUT2D eigenvalue weighted by Crippen LogP contribution is 2.68. The summed E-state index contributed by atoms with van der Waals surface area (Å²) < 4.78 is 108. The fourth-order valence-electron chi connectivity index (χ4n) is 17.8. The van der Waals surface area contributed by atoms with Gasteiger partial charge in [-0.1, -0.05) is 25.5 Å². The number of ether oxygens (including phenoxy) is 17. The first-order valence-corrected chi connectivity index (χ1v) is 32.3. The summed E-state index contributed by atoms with van der Waals surface area (Å²) in [7, 11) is 7.92. The second-order valence-electron chi connectivity index (χ2n) is 27.7. The molecule has 0 amide bonds. The summed E-state index contributed by atoms with van der Waals surface area (Å²) >= 11 is 0. The van der Waals surface area contributed by atoms with Crippen LogP contribution < -0.4 is 0 Å². The standard InChI is InChI=1S/C63H104O23/c1-30-51(65)58(72-14)52(66)59(78-30)83-55-33(4)76-49(26-44(55)70-12)81-53-31(2)74-48(24-42(53)68-10)80-54-32(3)75-50(25-43(54)69-11)82-56-35(6)84-62(28-46(56)71-13)29-73-45-27-47(77-34(5)57(45)85-86-62)79-36(7)63(67)22-19-41-39-16-15-37-23-38(64)17-20-60(37,8)40(39)18-21-61(41,63)9/h15,30-36,38-59,64-67H,16-29H2,1-14H3/t30-,31+,32+,33-,34+,35-,36-,38-,39-,40+,41-,42-,43+,44-,45+,46+,47-,48-,49+,50-,51+,52-,53-,54-,55+,56+,57-,58-,59+,60+,61+,62-,63+/m0/s1. The van der Waals surface area contributed by atoms with E-state index in [2.05, 4.69) is 19.9 Å². The van der Waals surface area contributed by atoms with E-state index in [1.54, 1.807) is 35.4 Å². The number of hydrogen-bond acceptors (Lipinski definition) is 23. The summed E-state index contributed by atoms with van der Waals surface area (Å²) in [5, 5.41) is 44.8. The topological polar surface area (TPSA) is 256 Å². The van der Waals surface area contributed by atoms with Crippen molar-refractivity contribution in [2.24, 2.45) is 28.6 Å². The van der Waals surface area contributed by atoms with Crippen molar-refractivity contribution in [3.63, 3.8) is 0 Å². The van der Waals surface area contributed by atoms with Gasteiger partial charge in [0.15, 0.2) is 31.5 Å². The Morgan fingerprint density at radius 1 is 0.570 bits per heavy atom. The predicted octanol–water partition coefficient (Wildman–Crippen LogP) is 5.29. The van der Waals surface area contributed by atoms with Gasteiger partial charge in [0.05, 0.1) is 85.0 Å². The summed E-state index contributed by atoms with van der Waals surface area (Å²) in [6.45, 7) is 18.0. The molecule has 494 valence electrons. The van der Waals surface area contributed by atoms with E-state index in [4.69, 9.17) is 90.3 Å². The molecule has 0 aromatic rings. The molecule has 7 heterocycles. The van der Waals surface area contributed by atoms with Crippen molar-refractivity contribution in [1.82, 2.24) is 0 Å². The lowest BCUT2D eigenvalue weighted by molar-refractivity contribution is -0.472. The number of methoxy groups -OCH3 is 5. The Kier molecular flexibility index (Phi) is 20.6. The Morgan fingerprint density at radius 2 is 1.13 bits per heavy atom.